The molecule has 2 aromatic carbocycles. The molecule has 2 rings (SSSR count). The normalized spacial score (nSPS) is 12.8. The van der Waals surface area contributed by atoms with Gasteiger partial charge in [0.05, 0.1) is 0 Å². The van der Waals surface area contributed by atoms with E-state index in [0.717, 1.165) is 12.0 Å². The zero-order chi connectivity index (χ0) is 16.8. The molecule has 0 amide bonds. The van der Waals surface area contributed by atoms with Gasteiger partial charge in [-0.05, 0) is 49.9 Å². The molecule has 0 aliphatic heterocycles. The van der Waals surface area contributed by atoms with E-state index < -0.39 is 0 Å². The van der Waals surface area contributed by atoms with E-state index in [0.29, 0.717) is 17.8 Å². The van der Waals surface area contributed by atoms with Gasteiger partial charge >= 0.3 is 5.97 Å². The molecule has 24 heavy (non-hydrogen) atoms. The molecule has 0 aliphatic carbocycles. The van der Waals surface area contributed by atoms with Crippen LogP contribution in [0.25, 0.3) is 0 Å². The van der Waals surface area contributed by atoms with Gasteiger partial charge in [-0.3, -0.25) is 4.79 Å². The van der Waals surface area contributed by atoms with Crippen LogP contribution in [0.2, 0.25) is 0 Å². The summed E-state index contributed by atoms with van der Waals surface area (Å²) in [4.78, 5) is 11.1. The average Bonchev–Trinajstić information content (AvgIpc) is 2.50. The first kappa shape index (κ1) is 20.2. The lowest BCUT2D eigenvalue weighted by molar-refractivity contribution is -0.131. The number of aryl methyl sites for hydroxylation is 1. The highest BCUT2D eigenvalue weighted by Crippen LogP contribution is 2.21. The number of rotatable bonds is 6. The highest BCUT2D eigenvalue weighted by molar-refractivity contribution is 5.85. The van der Waals surface area contributed by atoms with Crippen LogP contribution in [0.5, 0.6) is 5.75 Å². The van der Waals surface area contributed by atoms with E-state index in [4.69, 9.17) is 4.74 Å². The predicted octanol–water partition coefficient (Wildman–Crippen LogP) is 4.62. The Kier molecular flexibility index (Phi) is 7.96. The summed E-state index contributed by atoms with van der Waals surface area (Å²) in [6.07, 6.45) is 0.929. The van der Waals surface area contributed by atoms with Gasteiger partial charge in [-0.2, -0.15) is 0 Å². The van der Waals surface area contributed by atoms with Crippen LogP contribution in [0.1, 0.15) is 43.5 Å². The van der Waals surface area contributed by atoms with Crippen LogP contribution in [0, 0.1) is 6.92 Å². The molecule has 0 radical (unpaired) electrons. The number of ether oxygens (including phenoxy) is 1. The summed E-state index contributed by atoms with van der Waals surface area (Å²) in [6, 6.07) is 17.1. The molecule has 3 nitrogen and oxygen atoms in total. The van der Waals surface area contributed by atoms with Crippen LogP contribution in [0.3, 0.4) is 0 Å². The fourth-order valence-corrected chi connectivity index (χ4v) is 2.79. The van der Waals surface area contributed by atoms with Crippen LogP contribution in [0.15, 0.2) is 48.5 Å². The molecule has 0 fully saturated rings. The standard InChI is InChI=1S/C20H25NO2.ClH/c1-14-12-18(10-11-20(14)23-17(4)22)13-15(2)21-16(3)19-8-6-5-7-9-19;/h5-12,15-16,21H,13H2,1-4H3;1H/t15-,16-;/m1./s1. The molecule has 130 valence electrons. The largest absolute Gasteiger partial charge is 0.426 e. The summed E-state index contributed by atoms with van der Waals surface area (Å²) in [5.41, 5.74) is 3.51. The summed E-state index contributed by atoms with van der Waals surface area (Å²) in [5, 5.41) is 3.63. The number of hydrogen-bond acceptors (Lipinski definition) is 3. The van der Waals surface area contributed by atoms with Gasteiger partial charge in [0.2, 0.25) is 0 Å². The highest BCUT2D eigenvalue weighted by Gasteiger charge is 2.11. The molecule has 2 atom stereocenters. The Bertz CT molecular complexity index is 658. The smallest absolute Gasteiger partial charge is 0.308 e. The maximum atomic E-state index is 11.1. The van der Waals surface area contributed by atoms with Crippen LogP contribution in [-0.4, -0.2) is 12.0 Å². The van der Waals surface area contributed by atoms with Crippen molar-refractivity contribution in [3.05, 3.63) is 65.2 Å². The highest BCUT2D eigenvalue weighted by atomic mass is 35.5. The van der Waals surface area contributed by atoms with Crippen LogP contribution < -0.4 is 10.1 Å². The second-order valence-electron chi connectivity index (χ2n) is 6.10. The van der Waals surface area contributed by atoms with Crippen LogP contribution in [0.4, 0.5) is 0 Å². The molecule has 0 spiro atoms. The van der Waals surface area contributed by atoms with Gasteiger partial charge in [0, 0.05) is 19.0 Å². The minimum Gasteiger partial charge on any atom is -0.426 e. The Morgan fingerprint density at radius 1 is 1.12 bits per heavy atom. The lowest BCUT2D eigenvalue weighted by atomic mass is 10.0. The Labute approximate surface area is 150 Å². The molecule has 0 aliphatic rings. The molecule has 0 saturated carbocycles. The van der Waals surface area contributed by atoms with Crippen molar-refractivity contribution in [3.63, 3.8) is 0 Å². The van der Waals surface area contributed by atoms with Gasteiger partial charge in [0.15, 0.2) is 0 Å². The number of halogens is 1. The van der Waals surface area contributed by atoms with Gasteiger partial charge in [-0.15, -0.1) is 12.4 Å². The second-order valence-corrected chi connectivity index (χ2v) is 6.10. The molecular weight excluding hydrogens is 322 g/mol. The van der Waals surface area contributed by atoms with Crippen molar-refractivity contribution < 1.29 is 9.53 Å². The van der Waals surface area contributed by atoms with Crippen molar-refractivity contribution in [1.82, 2.24) is 5.32 Å². The Morgan fingerprint density at radius 3 is 2.38 bits per heavy atom. The van der Waals surface area contributed by atoms with Crippen LogP contribution in [-0.2, 0) is 11.2 Å². The topological polar surface area (TPSA) is 38.3 Å². The van der Waals surface area contributed by atoms with Crippen molar-refractivity contribution in [2.24, 2.45) is 0 Å². The number of esters is 1. The first-order chi connectivity index (χ1) is 11.0. The molecule has 0 bridgehead atoms. The zero-order valence-corrected chi connectivity index (χ0v) is 15.5. The predicted molar refractivity (Wildman–Crippen MR) is 101 cm³/mol. The number of carbonyl (C=O) groups excluding carboxylic acids is 1. The van der Waals surface area contributed by atoms with Gasteiger partial charge in [0.1, 0.15) is 5.75 Å². The molecule has 0 unspecified atom stereocenters. The van der Waals surface area contributed by atoms with Gasteiger partial charge < -0.3 is 10.1 Å². The van der Waals surface area contributed by atoms with Crippen molar-refractivity contribution in [2.75, 3.05) is 0 Å². The third kappa shape index (κ3) is 5.99. The van der Waals surface area contributed by atoms with E-state index in [9.17, 15) is 4.79 Å². The zero-order valence-electron chi connectivity index (χ0n) is 14.7. The van der Waals surface area contributed by atoms with Crippen LogP contribution >= 0.6 is 12.4 Å². The molecule has 4 heteroatoms. The molecule has 0 aromatic heterocycles. The summed E-state index contributed by atoms with van der Waals surface area (Å²) in [7, 11) is 0. The third-order valence-electron chi connectivity index (χ3n) is 3.87. The fraction of sp³-hybridized carbons (Fsp3) is 0.350. The summed E-state index contributed by atoms with van der Waals surface area (Å²) >= 11 is 0. The molecule has 2 aromatic rings. The maximum Gasteiger partial charge on any atom is 0.308 e. The van der Waals surface area contributed by atoms with E-state index in [1.807, 2.05) is 25.1 Å². The monoisotopic (exact) mass is 347 g/mol. The minimum absolute atomic E-state index is 0. The van der Waals surface area contributed by atoms with E-state index >= 15 is 0 Å². The summed E-state index contributed by atoms with van der Waals surface area (Å²) in [6.45, 7) is 7.76. The van der Waals surface area contributed by atoms with E-state index in [1.165, 1.54) is 18.1 Å². The maximum absolute atomic E-state index is 11.1. The minimum atomic E-state index is -0.285. The molecule has 1 N–H and O–H groups in total. The molecule has 0 heterocycles. The van der Waals surface area contributed by atoms with Crippen molar-refractivity contribution in [2.45, 2.75) is 46.2 Å². The number of benzene rings is 2. The number of carbonyl (C=O) groups is 1. The summed E-state index contributed by atoms with van der Waals surface area (Å²) < 4.78 is 5.17. The van der Waals surface area contributed by atoms with Crippen molar-refractivity contribution in [3.8, 4) is 5.75 Å². The third-order valence-corrected chi connectivity index (χ3v) is 3.87. The first-order valence-corrected chi connectivity index (χ1v) is 8.04. The number of nitrogens with one attached hydrogen (secondary N) is 1. The quantitative estimate of drug-likeness (QED) is 0.612. The lowest BCUT2D eigenvalue weighted by Crippen LogP contribution is -2.30. The van der Waals surface area contributed by atoms with Gasteiger partial charge in [0.25, 0.3) is 0 Å². The Morgan fingerprint density at radius 2 is 1.79 bits per heavy atom. The molecular formula is C20H26ClNO2. The Hall–Kier alpha value is -1.84. The SMILES string of the molecule is CC(=O)Oc1ccc(C[C@@H](C)N[C@H](C)c2ccccc2)cc1C.Cl. The van der Waals surface area contributed by atoms with E-state index in [-0.39, 0.29) is 18.4 Å². The Balaban J connectivity index is 0.00000288. The number of hydrogen-bond donors (Lipinski definition) is 1. The lowest BCUT2D eigenvalue weighted by Gasteiger charge is -2.21. The fourth-order valence-electron chi connectivity index (χ4n) is 2.79. The van der Waals surface area contributed by atoms with Gasteiger partial charge in [-0.1, -0.05) is 42.5 Å². The average molecular weight is 348 g/mol. The van der Waals surface area contributed by atoms with E-state index in [2.05, 4.69) is 49.5 Å². The van der Waals surface area contributed by atoms with Crippen molar-refractivity contribution in [1.29, 1.82) is 0 Å². The van der Waals surface area contributed by atoms with Crippen molar-refractivity contribution >= 4 is 18.4 Å². The molecule has 0 saturated heterocycles. The van der Waals surface area contributed by atoms with E-state index in [1.54, 1.807) is 0 Å². The first-order valence-electron chi connectivity index (χ1n) is 8.04. The van der Waals surface area contributed by atoms with Gasteiger partial charge in [-0.25, -0.2) is 0 Å². The second kappa shape index (κ2) is 9.45. The summed E-state index contributed by atoms with van der Waals surface area (Å²) in [5.74, 6) is 0.354.